The van der Waals surface area contributed by atoms with E-state index >= 15 is 0 Å². The Hall–Kier alpha value is -2.54. The Balaban J connectivity index is 1.23. The van der Waals surface area contributed by atoms with Crippen LogP contribution in [0.5, 0.6) is 0 Å². The standard InChI is InChI=1S/C22H30N6O/c1-17-14-27(15-19-4-2-3-9-24-19)11-8-20(17)26-22(29)28-12-6-18(7-13-28)21-5-10-23-16-25-21/h2-5,9-10,16-18,20H,6-8,11-15H2,1H3,(H,26,29). The van der Waals surface area contributed by atoms with Gasteiger partial charge in [-0.05, 0) is 43.4 Å². The van der Waals surface area contributed by atoms with E-state index in [-0.39, 0.29) is 12.1 Å². The second-order valence-electron chi connectivity index (χ2n) is 8.27. The molecule has 2 fully saturated rings. The van der Waals surface area contributed by atoms with Crippen LogP contribution >= 0.6 is 0 Å². The van der Waals surface area contributed by atoms with Gasteiger partial charge in [-0.1, -0.05) is 13.0 Å². The molecule has 0 spiro atoms. The number of amides is 2. The van der Waals surface area contributed by atoms with E-state index in [0.29, 0.717) is 11.8 Å². The second-order valence-corrected chi connectivity index (χ2v) is 8.27. The lowest BCUT2D eigenvalue weighted by Gasteiger charge is -2.39. The van der Waals surface area contributed by atoms with E-state index in [2.05, 4.69) is 38.2 Å². The first-order chi connectivity index (χ1) is 14.2. The first kappa shape index (κ1) is 19.8. The second kappa shape index (κ2) is 9.31. The Morgan fingerprint density at radius 2 is 1.97 bits per heavy atom. The molecule has 0 saturated carbocycles. The lowest BCUT2D eigenvalue weighted by Crippen LogP contribution is -2.54. The maximum atomic E-state index is 12.8. The highest BCUT2D eigenvalue weighted by Crippen LogP contribution is 2.26. The molecule has 2 unspecified atom stereocenters. The van der Waals surface area contributed by atoms with Gasteiger partial charge in [0.15, 0.2) is 0 Å². The fraction of sp³-hybridized carbons (Fsp3) is 0.545. The normalized spacial score (nSPS) is 23.7. The molecule has 2 saturated heterocycles. The Morgan fingerprint density at radius 3 is 2.66 bits per heavy atom. The lowest BCUT2D eigenvalue weighted by atomic mass is 9.92. The van der Waals surface area contributed by atoms with Crippen LogP contribution in [0.25, 0.3) is 0 Å². The third-order valence-corrected chi connectivity index (χ3v) is 6.22. The first-order valence-electron chi connectivity index (χ1n) is 10.6. The van der Waals surface area contributed by atoms with Gasteiger partial charge in [0.2, 0.25) is 0 Å². The molecule has 1 N–H and O–H groups in total. The number of carbonyl (C=O) groups is 1. The topological polar surface area (TPSA) is 74.2 Å². The molecule has 2 aliphatic heterocycles. The molecule has 4 heterocycles. The van der Waals surface area contributed by atoms with E-state index < -0.39 is 0 Å². The summed E-state index contributed by atoms with van der Waals surface area (Å²) in [7, 11) is 0. The number of piperidine rings is 2. The number of nitrogens with one attached hydrogen (secondary N) is 1. The van der Waals surface area contributed by atoms with Gasteiger partial charge in [-0.25, -0.2) is 14.8 Å². The van der Waals surface area contributed by atoms with Crippen LogP contribution in [0.15, 0.2) is 43.0 Å². The molecule has 154 valence electrons. The molecule has 0 aliphatic carbocycles. The molecule has 2 aromatic heterocycles. The highest BCUT2D eigenvalue weighted by molar-refractivity contribution is 5.74. The number of nitrogens with zero attached hydrogens (tertiary/aromatic N) is 5. The van der Waals surface area contributed by atoms with Gasteiger partial charge in [0.05, 0.1) is 5.69 Å². The zero-order valence-corrected chi connectivity index (χ0v) is 17.1. The summed E-state index contributed by atoms with van der Waals surface area (Å²) in [5, 5.41) is 3.30. The van der Waals surface area contributed by atoms with E-state index in [1.54, 1.807) is 12.5 Å². The molecular weight excluding hydrogens is 364 g/mol. The number of pyridine rings is 1. The van der Waals surface area contributed by atoms with Gasteiger partial charge in [-0.15, -0.1) is 0 Å². The van der Waals surface area contributed by atoms with E-state index in [0.717, 1.165) is 63.4 Å². The molecule has 2 atom stereocenters. The minimum absolute atomic E-state index is 0.0844. The molecule has 0 aromatic carbocycles. The Labute approximate surface area is 172 Å². The number of rotatable bonds is 4. The van der Waals surface area contributed by atoms with Crippen molar-refractivity contribution in [1.29, 1.82) is 0 Å². The van der Waals surface area contributed by atoms with Crippen LogP contribution in [0.1, 0.15) is 43.5 Å². The Bertz CT molecular complexity index is 778. The summed E-state index contributed by atoms with van der Waals surface area (Å²) < 4.78 is 0. The van der Waals surface area contributed by atoms with Crippen LogP contribution in [0.4, 0.5) is 4.79 Å². The minimum atomic E-state index is 0.0844. The maximum Gasteiger partial charge on any atom is 0.317 e. The summed E-state index contributed by atoms with van der Waals surface area (Å²) in [6.45, 7) is 6.65. The molecule has 7 heteroatoms. The van der Waals surface area contributed by atoms with Crippen molar-refractivity contribution in [1.82, 2.24) is 30.1 Å². The predicted octanol–water partition coefficient (Wildman–Crippen LogP) is 2.67. The van der Waals surface area contributed by atoms with Crippen LogP contribution in [0, 0.1) is 5.92 Å². The Morgan fingerprint density at radius 1 is 1.10 bits per heavy atom. The predicted molar refractivity (Wildman–Crippen MR) is 111 cm³/mol. The number of likely N-dealkylation sites (tertiary alicyclic amines) is 2. The summed E-state index contributed by atoms with van der Waals surface area (Å²) >= 11 is 0. The van der Waals surface area contributed by atoms with Crippen molar-refractivity contribution in [2.75, 3.05) is 26.2 Å². The average molecular weight is 395 g/mol. The van der Waals surface area contributed by atoms with Gasteiger partial charge >= 0.3 is 6.03 Å². The van der Waals surface area contributed by atoms with Crippen LogP contribution in [-0.2, 0) is 6.54 Å². The van der Waals surface area contributed by atoms with E-state index in [4.69, 9.17) is 0 Å². The maximum absolute atomic E-state index is 12.8. The molecule has 2 aliphatic rings. The monoisotopic (exact) mass is 394 g/mol. The quantitative estimate of drug-likeness (QED) is 0.863. The van der Waals surface area contributed by atoms with Crippen molar-refractivity contribution < 1.29 is 4.79 Å². The average Bonchev–Trinajstić information content (AvgIpc) is 2.77. The van der Waals surface area contributed by atoms with Crippen molar-refractivity contribution in [3.63, 3.8) is 0 Å². The number of aromatic nitrogens is 3. The van der Waals surface area contributed by atoms with Crippen molar-refractivity contribution in [3.8, 4) is 0 Å². The number of urea groups is 1. The van der Waals surface area contributed by atoms with Gasteiger partial charge in [-0.3, -0.25) is 9.88 Å². The van der Waals surface area contributed by atoms with Crippen molar-refractivity contribution in [2.24, 2.45) is 5.92 Å². The third kappa shape index (κ3) is 5.09. The highest BCUT2D eigenvalue weighted by Gasteiger charge is 2.30. The van der Waals surface area contributed by atoms with Crippen LogP contribution < -0.4 is 5.32 Å². The largest absolute Gasteiger partial charge is 0.335 e. The van der Waals surface area contributed by atoms with Crippen LogP contribution in [-0.4, -0.2) is 63.0 Å². The summed E-state index contributed by atoms with van der Waals surface area (Å²) in [6, 6.07) is 8.37. The summed E-state index contributed by atoms with van der Waals surface area (Å²) in [4.78, 5) is 30.0. The van der Waals surface area contributed by atoms with Gasteiger partial charge in [0.25, 0.3) is 0 Å². The summed E-state index contributed by atoms with van der Waals surface area (Å²) in [5.74, 6) is 0.853. The first-order valence-corrected chi connectivity index (χ1v) is 10.6. The Kier molecular flexibility index (Phi) is 6.34. The zero-order chi connectivity index (χ0) is 20.1. The molecule has 29 heavy (non-hydrogen) atoms. The van der Waals surface area contributed by atoms with E-state index in [1.165, 1.54) is 0 Å². The van der Waals surface area contributed by atoms with Gasteiger partial charge in [-0.2, -0.15) is 0 Å². The van der Waals surface area contributed by atoms with Gasteiger partial charge in [0.1, 0.15) is 6.33 Å². The van der Waals surface area contributed by atoms with Crippen molar-refractivity contribution in [2.45, 2.75) is 44.7 Å². The molecule has 2 amide bonds. The van der Waals surface area contributed by atoms with Crippen molar-refractivity contribution in [3.05, 3.63) is 54.4 Å². The SMILES string of the molecule is CC1CN(Cc2ccccn2)CCC1NC(=O)N1CCC(c2ccncn2)CC1. The molecule has 0 radical (unpaired) electrons. The molecule has 0 bridgehead atoms. The number of hydrogen-bond acceptors (Lipinski definition) is 5. The zero-order valence-electron chi connectivity index (χ0n) is 17.1. The summed E-state index contributed by atoms with van der Waals surface area (Å²) in [6.07, 6.45) is 8.15. The number of carbonyl (C=O) groups excluding carboxylic acids is 1. The van der Waals surface area contributed by atoms with Crippen LogP contribution in [0.3, 0.4) is 0 Å². The van der Waals surface area contributed by atoms with Crippen LogP contribution in [0.2, 0.25) is 0 Å². The smallest absolute Gasteiger partial charge is 0.317 e. The van der Waals surface area contributed by atoms with E-state index in [9.17, 15) is 4.79 Å². The minimum Gasteiger partial charge on any atom is -0.335 e. The fourth-order valence-electron chi connectivity index (χ4n) is 4.48. The van der Waals surface area contributed by atoms with Crippen molar-refractivity contribution >= 4 is 6.03 Å². The molecule has 4 rings (SSSR count). The third-order valence-electron chi connectivity index (χ3n) is 6.22. The lowest BCUT2D eigenvalue weighted by molar-refractivity contribution is 0.129. The van der Waals surface area contributed by atoms with Gasteiger partial charge < -0.3 is 10.2 Å². The number of hydrogen-bond donors (Lipinski definition) is 1. The fourth-order valence-corrected chi connectivity index (χ4v) is 4.48. The summed E-state index contributed by atoms with van der Waals surface area (Å²) in [5.41, 5.74) is 2.20. The molecule has 2 aromatic rings. The molecule has 7 nitrogen and oxygen atoms in total. The highest BCUT2D eigenvalue weighted by atomic mass is 16.2. The van der Waals surface area contributed by atoms with Gasteiger partial charge in [0, 0.05) is 62.8 Å². The molecular formula is C22H30N6O. The van der Waals surface area contributed by atoms with E-state index in [1.807, 2.05) is 29.3 Å².